The third-order valence-electron chi connectivity index (χ3n) is 3.33. The monoisotopic (exact) mass is 264 g/mol. The lowest BCUT2D eigenvalue weighted by Crippen LogP contribution is -2.57. The van der Waals surface area contributed by atoms with Crippen LogP contribution in [0.15, 0.2) is 18.2 Å². The van der Waals surface area contributed by atoms with Gasteiger partial charge in [0, 0.05) is 13.1 Å². The number of piperazine rings is 1. The van der Waals surface area contributed by atoms with Crippen LogP contribution in [0.25, 0.3) is 0 Å². The van der Waals surface area contributed by atoms with Crippen molar-refractivity contribution in [2.24, 2.45) is 0 Å². The molecule has 1 atom stereocenters. The molecule has 0 aliphatic carbocycles. The van der Waals surface area contributed by atoms with Crippen LogP contribution in [0.5, 0.6) is 0 Å². The lowest BCUT2D eigenvalue weighted by Gasteiger charge is -2.34. The molecule has 1 unspecified atom stereocenters. The van der Waals surface area contributed by atoms with Crippen LogP contribution in [0.4, 0.5) is 4.39 Å². The molecule has 102 valence electrons. The number of aryl methyl sites for hydroxylation is 1. The highest BCUT2D eigenvalue weighted by Gasteiger charge is 2.32. The number of rotatable bonds is 2. The predicted octanol–water partition coefficient (Wildman–Crippen LogP) is 1.48. The van der Waals surface area contributed by atoms with Gasteiger partial charge < -0.3 is 10.2 Å². The number of carbonyl (C=O) groups is 2. The highest BCUT2D eigenvalue weighted by Crippen LogP contribution is 2.17. The van der Waals surface area contributed by atoms with Crippen molar-refractivity contribution in [2.75, 3.05) is 13.1 Å². The lowest BCUT2D eigenvalue weighted by atomic mass is 10.1. The van der Waals surface area contributed by atoms with Crippen LogP contribution in [0.2, 0.25) is 0 Å². The molecule has 0 aromatic heterocycles. The molecule has 1 aromatic rings. The summed E-state index contributed by atoms with van der Waals surface area (Å²) in [6, 6.07) is 3.99. The zero-order chi connectivity index (χ0) is 14.0. The van der Waals surface area contributed by atoms with E-state index in [2.05, 4.69) is 5.32 Å². The Morgan fingerprint density at radius 2 is 2.26 bits per heavy atom. The molecule has 1 fully saturated rings. The van der Waals surface area contributed by atoms with E-state index >= 15 is 0 Å². The number of amides is 2. The molecular formula is C14H17FN2O2. The Bertz CT molecular complexity index is 516. The molecule has 1 heterocycles. The molecule has 1 aliphatic rings. The molecule has 0 radical (unpaired) electrons. The van der Waals surface area contributed by atoms with Crippen molar-refractivity contribution < 1.29 is 14.0 Å². The second-order valence-corrected chi connectivity index (χ2v) is 4.70. The van der Waals surface area contributed by atoms with Gasteiger partial charge in [-0.05, 0) is 31.0 Å². The fraction of sp³-hybridized carbons (Fsp3) is 0.429. The summed E-state index contributed by atoms with van der Waals surface area (Å²) in [6.45, 7) is 4.42. The molecule has 1 N–H and O–H groups in total. The van der Waals surface area contributed by atoms with Crippen LogP contribution in [-0.2, 0) is 4.79 Å². The number of hydrogen-bond donors (Lipinski definition) is 1. The van der Waals surface area contributed by atoms with E-state index in [1.165, 1.54) is 17.0 Å². The van der Waals surface area contributed by atoms with E-state index in [9.17, 15) is 14.0 Å². The Morgan fingerprint density at radius 3 is 2.89 bits per heavy atom. The molecule has 1 aromatic carbocycles. The Balaban J connectivity index is 2.29. The summed E-state index contributed by atoms with van der Waals surface area (Å²) in [4.78, 5) is 25.5. The van der Waals surface area contributed by atoms with Crippen LogP contribution in [-0.4, -0.2) is 35.8 Å². The number of nitrogens with one attached hydrogen (secondary N) is 1. The predicted molar refractivity (Wildman–Crippen MR) is 69.3 cm³/mol. The van der Waals surface area contributed by atoms with E-state index in [1.54, 1.807) is 13.0 Å². The first kappa shape index (κ1) is 13.5. The van der Waals surface area contributed by atoms with E-state index in [4.69, 9.17) is 0 Å². The van der Waals surface area contributed by atoms with Gasteiger partial charge in [0.2, 0.25) is 5.91 Å². The van der Waals surface area contributed by atoms with Crippen LogP contribution in [0.1, 0.15) is 29.3 Å². The molecule has 5 heteroatoms. The van der Waals surface area contributed by atoms with Gasteiger partial charge in [0.25, 0.3) is 5.91 Å². The first-order valence-corrected chi connectivity index (χ1v) is 6.39. The van der Waals surface area contributed by atoms with Gasteiger partial charge in [0.05, 0.1) is 5.56 Å². The quantitative estimate of drug-likeness (QED) is 0.879. The summed E-state index contributed by atoms with van der Waals surface area (Å²) in [5, 5.41) is 2.72. The number of hydrogen-bond acceptors (Lipinski definition) is 2. The van der Waals surface area contributed by atoms with Crippen LogP contribution < -0.4 is 5.32 Å². The van der Waals surface area contributed by atoms with E-state index in [-0.39, 0.29) is 11.5 Å². The van der Waals surface area contributed by atoms with Gasteiger partial charge >= 0.3 is 0 Å². The largest absolute Gasteiger partial charge is 0.353 e. The minimum absolute atomic E-state index is 0.0266. The fourth-order valence-corrected chi connectivity index (χ4v) is 2.31. The van der Waals surface area contributed by atoms with E-state index in [1.807, 2.05) is 6.92 Å². The normalized spacial score (nSPS) is 19.2. The van der Waals surface area contributed by atoms with Crippen molar-refractivity contribution in [3.8, 4) is 0 Å². The first-order valence-electron chi connectivity index (χ1n) is 6.39. The van der Waals surface area contributed by atoms with E-state index in [0.29, 0.717) is 19.5 Å². The highest BCUT2D eigenvalue weighted by molar-refractivity contribution is 5.98. The van der Waals surface area contributed by atoms with Gasteiger partial charge in [0.15, 0.2) is 0 Å². The van der Waals surface area contributed by atoms with Crippen molar-refractivity contribution in [3.63, 3.8) is 0 Å². The number of nitrogens with zero attached hydrogens (tertiary/aromatic N) is 1. The smallest absolute Gasteiger partial charge is 0.257 e. The maximum atomic E-state index is 13.8. The van der Waals surface area contributed by atoms with Crippen molar-refractivity contribution >= 4 is 11.8 Å². The number of halogens is 1. The first-order chi connectivity index (χ1) is 9.04. The van der Waals surface area contributed by atoms with Gasteiger partial charge in [-0.3, -0.25) is 9.59 Å². The summed E-state index contributed by atoms with van der Waals surface area (Å²) < 4.78 is 13.8. The third-order valence-corrected chi connectivity index (χ3v) is 3.33. The molecule has 0 saturated carbocycles. The summed E-state index contributed by atoms with van der Waals surface area (Å²) in [6.07, 6.45) is 0.519. The SMILES string of the molecule is CCC1C(=O)NCCN1C(=O)c1ccc(C)cc1F. The summed E-state index contributed by atoms with van der Waals surface area (Å²) >= 11 is 0. The molecule has 0 bridgehead atoms. The molecular weight excluding hydrogens is 247 g/mol. The van der Waals surface area contributed by atoms with Gasteiger partial charge in [-0.1, -0.05) is 13.0 Å². The van der Waals surface area contributed by atoms with Crippen LogP contribution >= 0.6 is 0 Å². The van der Waals surface area contributed by atoms with Gasteiger partial charge in [-0.25, -0.2) is 4.39 Å². The second kappa shape index (κ2) is 5.38. The number of benzene rings is 1. The Hall–Kier alpha value is -1.91. The Labute approximate surface area is 111 Å². The topological polar surface area (TPSA) is 49.4 Å². The molecule has 1 aliphatic heterocycles. The highest BCUT2D eigenvalue weighted by atomic mass is 19.1. The van der Waals surface area contributed by atoms with E-state index < -0.39 is 17.8 Å². The van der Waals surface area contributed by atoms with Crippen molar-refractivity contribution in [3.05, 3.63) is 35.1 Å². The molecule has 0 spiro atoms. The molecule has 2 amide bonds. The second-order valence-electron chi connectivity index (χ2n) is 4.70. The average Bonchev–Trinajstić information content (AvgIpc) is 2.37. The molecule has 1 saturated heterocycles. The Morgan fingerprint density at radius 1 is 1.53 bits per heavy atom. The van der Waals surface area contributed by atoms with Crippen LogP contribution in [0.3, 0.4) is 0 Å². The minimum Gasteiger partial charge on any atom is -0.353 e. The molecule has 2 rings (SSSR count). The average molecular weight is 264 g/mol. The third kappa shape index (κ3) is 2.59. The zero-order valence-electron chi connectivity index (χ0n) is 11.1. The molecule has 19 heavy (non-hydrogen) atoms. The molecule has 4 nitrogen and oxygen atoms in total. The fourth-order valence-electron chi connectivity index (χ4n) is 2.31. The summed E-state index contributed by atoms with van der Waals surface area (Å²) in [5.74, 6) is -1.13. The Kier molecular flexibility index (Phi) is 3.83. The van der Waals surface area contributed by atoms with Crippen LogP contribution in [0, 0.1) is 12.7 Å². The van der Waals surface area contributed by atoms with Crippen molar-refractivity contribution in [2.45, 2.75) is 26.3 Å². The van der Waals surface area contributed by atoms with Crippen molar-refractivity contribution in [1.82, 2.24) is 10.2 Å². The maximum absolute atomic E-state index is 13.8. The minimum atomic E-state index is -0.536. The van der Waals surface area contributed by atoms with Crippen molar-refractivity contribution in [1.29, 1.82) is 0 Å². The zero-order valence-corrected chi connectivity index (χ0v) is 11.1. The summed E-state index contributed by atoms with van der Waals surface area (Å²) in [5.41, 5.74) is 0.788. The van der Waals surface area contributed by atoms with Gasteiger partial charge in [-0.15, -0.1) is 0 Å². The van der Waals surface area contributed by atoms with Gasteiger partial charge in [-0.2, -0.15) is 0 Å². The lowest BCUT2D eigenvalue weighted by molar-refractivity contribution is -0.127. The maximum Gasteiger partial charge on any atom is 0.257 e. The number of carbonyl (C=O) groups excluding carboxylic acids is 2. The standard InChI is InChI=1S/C14H17FN2O2/c1-3-12-13(18)16-6-7-17(12)14(19)10-5-4-9(2)8-11(10)15/h4-5,8,12H,3,6-7H2,1-2H3,(H,16,18). The van der Waals surface area contributed by atoms with Gasteiger partial charge in [0.1, 0.15) is 11.9 Å². The summed E-state index contributed by atoms with van der Waals surface area (Å²) in [7, 11) is 0. The van der Waals surface area contributed by atoms with E-state index in [0.717, 1.165) is 5.56 Å².